The Balaban J connectivity index is 1.98. The van der Waals surface area contributed by atoms with E-state index in [-0.39, 0.29) is 25.0 Å². The summed E-state index contributed by atoms with van der Waals surface area (Å²) in [6.07, 6.45) is 3.70. The molecule has 1 fully saturated rings. The van der Waals surface area contributed by atoms with Crippen molar-refractivity contribution in [2.24, 2.45) is 5.92 Å². The van der Waals surface area contributed by atoms with Crippen LogP contribution in [0, 0.1) is 5.92 Å². The number of carboxylic acid groups (broad SMARTS) is 1. The number of rotatable bonds is 8. The molecule has 1 amide bonds. The van der Waals surface area contributed by atoms with Gasteiger partial charge in [-0.3, -0.25) is 14.5 Å². The van der Waals surface area contributed by atoms with Crippen LogP contribution in [-0.4, -0.2) is 41.5 Å². The highest BCUT2D eigenvalue weighted by Gasteiger charge is 2.25. The summed E-state index contributed by atoms with van der Waals surface area (Å²) in [4.78, 5) is 24.7. The van der Waals surface area contributed by atoms with Gasteiger partial charge in [0.2, 0.25) is 5.91 Å². The maximum Gasteiger partial charge on any atom is 0.322 e. The van der Waals surface area contributed by atoms with Gasteiger partial charge in [0, 0.05) is 12.6 Å². The molecule has 2 rings (SSSR count). The highest BCUT2D eigenvalue weighted by molar-refractivity contribution is 5.82. The van der Waals surface area contributed by atoms with Crippen LogP contribution < -0.4 is 5.32 Å². The second-order valence-corrected chi connectivity index (χ2v) is 5.98. The van der Waals surface area contributed by atoms with Crippen molar-refractivity contribution in [3.05, 3.63) is 35.9 Å². The normalized spacial score (nSPS) is 16.1. The maximum atomic E-state index is 12.0. The molecule has 120 valence electrons. The van der Waals surface area contributed by atoms with Gasteiger partial charge >= 0.3 is 5.97 Å². The first kappa shape index (κ1) is 16.5. The van der Waals surface area contributed by atoms with Gasteiger partial charge in [0.25, 0.3) is 0 Å². The van der Waals surface area contributed by atoms with Crippen LogP contribution in [0.25, 0.3) is 0 Å². The summed E-state index contributed by atoms with van der Waals surface area (Å²) in [5.74, 6) is -0.599. The Bertz CT molecular complexity index is 500. The fraction of sp³-hybridized carbons (Fsp3) is 0.529. The zero-order valence-corrected chi connectivity index (χ0v) is 13.0. The number of aliphatic carboxylic acids is 1. The number of nitrogens with zero attached hydrogens (tertiary/aromatic N) is 1. The summed E-state index contributed by atoms with van der Waals surface area (Å²) in [6, 6.07) is 10.2. The number of nitrogens with one attached hydrogen (secondary N) is 1. The lowest BCUT2D eigenvalue weighted by Gasteiger charge is -2.35. The second kappa shape index (κ2) is 7.94. The average Bonchev–Trinajstić information content (AvgIpc) is 2.47. The Morgan fingerprint density at radius 1 is 1.32 bits per heavy atom. The lowest BCUT2D eigenvalue weighted by molar-refractivity contribution is -0.138. The minimum atomic E-state index is -1.02. The van der Waals surface area contributed by atoms with Gasteiger partial charge in [-0.25, -0.2) is 0 Å². The highest BCUT2D eigenvalue weighted by atomic mass is 16.4. The van der Waals surface area contributed by atoms with Crippen molar-refractivity contribution in [3.8, 4) is 0 Å². The number of amides is 1. The molecule has 1 aliphatic carbocycles. The Morgan fingerprint density at radius 3 is 2.55 bits per heavy atom. The minimum absolute atomic E-state index is 0.136. The van der Waals surface area contributed by atoms with Gasteiger partial charge in [-0.05, 0) is 31.2 Å². The van der Waals surface area contributed by atoms with Crippen molar-refractivity contribution >= 4 is 11.9 Å². The zero-order valence-electron chi connectivity index (χ0n) is 13.0. The number of carboxylic acids is 1. The molecule has 0 spiro atoms. The Labute approximate surface area is 131 Å². The molecule has 1 saturated carbocycles. The van der Waals surface area contributed by atoms with Crippen molar-refractivity contribution in [1.82, 2.24) is 10.2 Å². The van der Waals surface area contributed by atoms with Crippen LogP contribution in [0.1, 0.15) is 37.8 Å². The Morgan fingerprint density at radius 2 is 2.00 bits per heavy atom. The fourth-order valence-electron chi connectivity index (χ4n) is 2.72. The van der Waals surface area contributed by atoms with E-state index < -0.39 is 5.97 Å². The van der Waals surface area contributed by atoms with Crippen molar-refractivity contribution in [2.45, 2.75) is 32.2 Å². The Kier molecular flexibility index (Phi) is 5.95. The van der Waals surface area contributed by atoms with Gasteiger partial charge in [-0.15, -0.1) is 0 Å². The van der Waals surface area contributed by atoms with E-state index in [0.29, 0.717) is 5.92 Å². The second-order valence-electron chi connectivity index (χ2n) is 5.98. The molecule has 0 aliphatic heterocycles. The number of carbonyl (C=O) groups is 2. The van der Waals surface area contributed by atoms with Gasteiger partial charge in [-0.1, -0.05) is 36.8 Å². The van der Waals surface area contributed by atoms with E-state index in [0.717, 1.165) is 6.54 Å². The molecule has 0 heterocycles. The molecule has 0 bridgehead atoms. The van der Waals surface area contributed by atoms with Gasteiger partial charge in [0.05, 0.1) is 6.54 Å². The molecule has 1 aromatic rings. The first-order valence-electron chi connectivity index (χ1n) is 7.83. The number of hydrogen-bond acceptors (Lipinski definition) is 3. The monoisotopic (exact) mass is 304 g/mol. The third-order valence-electron chi connectivity index (χ3n) is 4.33. The fourth-order valence-corrected chi connectivity index (χ4v) is 2.72. The molecule has 2 N–H and O–H groups in total. The van der Waals surface area contributed by atoms with Crippen molar-refractivity contribution in [1.29, 1.82) is 0 Å². The summed E-state index contributed by atoms with van der Waals surface area (Å²) in [5, 5.41) is 11.1. The molecule has 0 aromatic heterocycles. The molecule has 1 unspecified atom stereocenters. The van der Waals surface area contributed by atoms with E-state index in [1.807, 2.05) is 18.2 Å². The largest absolute Gasteiger partial charge is 0.480 e. The lowest BCUT2D eigenvalue weighted by Crippen LogP contribution is -2.43. The highest BCUT2D eigenvalue weighted by Crippen LogP contribution is 2.30. The Hall–Kier alpha value is -1.88. The molecule has 5 nitrogen and oxygen atoms in total. The van der Waals surface area contributed by atoms with Crippen LogP contribution in [0.3, 0.4) is 0 Å². The first-order chi connectivity index (χ1) is 10.6. The first-order valence-corrected chi connectivity index (χ1v) is 7.83. The van der Waals surface area contributed by atoms with E-state index in [9.17, 15) is 9.59 Å². The lowest BCUT2D eigenvalue weighted by atomic mass is 9.84. The summed E-state index contributed by atoms with van der Waals surface area (Å²) in [6.45, 7) is 2.89. The molecule has 1 atom stereocenters. The molecule has 0 radical (unpaired) electrons. The molecule has 22 heavy (non-hydrogen) atoms. The molecule has 1 aliphatic rings. The van der Waals surface area contributed by atoms with Gasteiger partial charge in [0.1, 0.15) is 6.54 Å². The summed E-state index contributed by atoms with van der Waals surface area (Å²) in [7, 11) is 0. The minimum Gasteiger partial charge on any atom is -0.480 e. The average molecular weight is 304 g/mol. The van der Waals surface area contributed by atoms with Gasteiger partial charge in [-0.2, -0.15) is 0 Å². The van der Waals surface area contributed by atoms with E-state index in [1.165, 1.54) is 24.8 Å². The quantitative estimate of drug-likeness (QED) is 0.771. The van der Waals surface area contributed by atoms with Crippen LogP contribution in [0.15, 0.2) is 30.3 Å². The van der Waals surface area contributed by atoms with Crippen LogP contribution in [0.4, 0.5) is 0 Å². The van der Waals surface area contributed by atoms with E-state index in [4.69, 9.17) is 5.11 Å². The third kappa shape index (κ3) is 4.84. The van der Waals surface area contributed by atoms with Crippen molar-refractivity contribution < 1.29 is 14.7 Å². The van der Waals surface area contributed by atoms with Gasteiger partial charge < -0.3 is 10.4 Å². The topological polar surface area (TPSA) is 69.6 Å². The predicted octanol–water partition coefficient (Wildman–Crippen LogP) is 2.05. The number of carbonyl (C=O) groups excluding carboxylic acids is 1. The summed E-state index contributed by atoms with van der Waals surface area (Å²) < 4.78 is 0. The standard InChI is InChI=1S/C17H24N2O3/c1-13(15-8-3-2-4-9-15)19(11-14-6-5-7-14)12-16(20)18-10-17(21)22/h2-4,8-9,13-14H,5-7,10-12H2,1H3,(H,18,20)(H,21,22). The summed E-state index contributed by atoms with van der Waals surface area (Å²) in [5.41, 5.74) is 1.17. The smallest absolute Gasteiger partial charge is 0.322 e. The van der Waals surface area contributed by atoms with Gasteiger partial charge in [0.15, 0.2) is 0 Å². The SMILES string of the molecule is CC(c1ccccc1)N(CC(=O)NCC(=O)O)CC1CCC1. The van der Waals surface area contributed by atoms with Crippen LogP contribution in [-0.2, 0) is 9.59 Å². The van der Waals surface area contributed by atoms with Crippen LogP contribution >= 0.6 is 0 Å². The number of hydrogen-bond donors (Lipinski definition) is 2. The predicted molar refractivity (Wildman–Crippen MR) is 84.4 cm³/mol. The molecular weight excluding hydrogens is 280 g/mol. The maximum absolute atomic E-state index is 12.0. The summed E-state index contributed by atoms with van der Waals surface area (Å²) >= 11 is 0. The molecule has 5 heteroatoms. The molecular formula is C17H24N2O3. The van der Waals surface area contributed by atoms with E-state index >= 15 is 0 Å². The van der Waals surface area contributed by atoms with Crippen LogP contribution in [0.5, 0.6) is 0 Å². The zero-order chi connectivity index (χ0) is 15.9. The van der Waals surface area contributed by atoms with Crippen molar-refractivity contribution in [2.75, 3.05) is 19.6 Å². The molecule has 1 aromatic carbocycles. The van der Waals surface area contributed by atoms with E-state index in [1.54, 1.807) is 0 Å². The van der Waals surface area contributed by atoms with Crippen LogP contribution in [0.2, 0.25) is 0 Å². The third-order valence-corrected chi connectivity index (χ3v) is 4.33. The van der Waals surface area contributed by atoms with Crippen molar-refractivity contribution in [3.63, 3.8) is 0 Å². The van der Waals surface area contributed by atoms with E-state index in [2.05, 4.69) is 29.3 Å². The molecule has 0 saturated heterocycles. The number of benzene rings is 1.